The van der Waals surface area contributed by atoms with Gasteiger partial charge in [0.15, 0.2) is 5.76 Å². The molecule has 1 amide bonds. The summed E-state index contributed by atoms with van der Waals surface area (Å²) in [5.74, 6) is 1.28. The van der Waals surface area contributed by atoms with Gasteiger partial charge in [0.1, 0.15) is 17.1 Å². The fourth-order valence-corrected chi connectivity index (χ4v) is 4.32. The second-order valence-corrected chi connectivity index (χ2v) is 7.71. The number of carbonyl (C=O) groups excluding carboxylic acids is 1. The second-order valence-electron chi connectivity index (χ2n) is 5.69. The lowest BCUT2D eigenvalue weighted by molar-refractivity contribution is 0.0929. The molecule has 0 spiro atoms. The van der Waals surface area contributed by atoms with Crippen LogP contribution in [0.5, 0.6) is 11.5 Å². The molecular weight excluding hydrogens is 539 g/mol. The minimum atomic E-state index is -0.426. The van der Waals surface area contributed by atoms with Gasteiger partial charge in [-0.2, -0.15) is 5.10 Å². The van der Waals surface area contributed by atoms with Crippen LogP contribution >= 0.6 is 38.5 Å². The van der Waals surface area contributed by atoms with Crippen molar-refractivity contribution in [3.8, 4) is 11.5 Å². The fraction of sp³-hybridized carbons (Fsp3) is 0.200. The topological polar surface area (TPSA) is 73.1 Å². The number of nitrogens with zero attached hydrogens (tertiary/aromatic N) is 1. The van der Waals surface area contributed by atoms with Gasteiger partial charge in [0, 0.05) is 5.39 Å². The molecule has 0 fully saturated rings. The van der Waals surface area contributed by atoms with Crippen molar-refractivity contribution < 1.29 is 18.7 Å². The summed E-state index contributed by atoms with van der Waals surface area (Å²) in [5, 5.41) is 4.82. The van der Waals surface area contributed by atoms with Crippen molar-refractivity contribution in [3.05, 3.63) is 55.8 Å². The van der Waals surface area contributed by atoms with Gasteiger partial charge in [-0.1, -0.05) is 0 Å². The zero-order valence-corrected chi connectivity index (χ0v) is 19.0. The maximum atomic E-state index is 12.3. The standard InChI is InChI=1S/C20H18BrIN2O4/c1-3-26-14-5-6-17-13(9-14)10-18(28-17)20(25)24-23-11-12-7-15(21)19(27-4-2)16(22)8-12/h5-11H,3-4H2,1-2H3,(H,24,25)/b23-11+. The van der Waals surface area contributed by atoms with Crippen LogP contribution in [0.25, 0.3) is 11.0 Å². The van der Waals surface area contributed by atoms with E-state index in [4.69, 9.17) is 13.9 Å². The van der Waals surface area contributed by atoms with Crippen LogP contribution in [0.15, 0.2) is 50.4 Å². The molecule has 0 aliphatic rings. The molecule has 3 rings (SSSR count). The van der Waals surface area contributed by atoms with Gasteiger partial charge in [-0.05, 0) is 94.3 Å². The van der Waals surface area contributed by atoms with E-state index in [1.165, 1.54) is 0 Å². The van der Waals surface area contributed by atoms with Crippen LogP contribution in [0, 0.1) is 3.57 Å². The summed E-state index contributed by atoms with van der Waals surface area (Å²) >= 11 is 5.69. The first-order chi connectivity index (χ1) is 13.5. The number of furan rings is 1. The molecule has 0 saturated carbocycles. The van der Waals surface area contributed by atoms with Gasteiger partial charge in [-0.25, -0.2) is 5.43 Å². The lowest BCUT2D eigenvalue weighted by atomic mass is 10.2. The Balaban J connectivity index is 1.70. The van der Waals surface area contributed by atoms with Crippen molar-refractivity contribution in [2.24, 2.45) is 5.10 Å². The van der Waals surface area contributed by atoms with E-state index >= 15 is 0 Å². The molecule has 1 N–H and O–H groups in total. The average Bonchev–Trinajstić information content (AvgIpc) is 3.08. The number of nitrogens with one attached hydrogen (secondary N) is 1. The van der Waals surface area contributed by atoms with Crippen LogP contribution in [-0.4, -0.2) is 25.3 Å². The highest BCUT2D eigenvalue weighted by molar-refractivity contribution is 14.1. The highest BCUT2D eigenvalue weighted by Gasteiger charge is 2.12. The highest BCUT2D eigenvalue weighted by Crippen LogP contribution is 2.31. The molecule has 0 aliphatic carbocycles. The third-order valence-corrected chi connectivity index (χ3v) is 5.10. The lowest BCUT2D eigenvalue weighted by Gasteiger charge is -2.09. The summed E-state index contributed by atoms with van der Waals surface area (Å²) in [6.07, 6.45) is 1.57. The van der Waals surface area contributed by atoms with Crippen molar-refractivity contribution in [2.45, 2.75) is 13.8 Å². The van der Waals surface area contributed by atoms with Crippen molar-refractivity contribution in [2.75, 3.05) is 13.2 Å². The Morgan fingerprint density at radius 2 is 2.00 bits per heavy atom. The molecule has 0 bridgehead atoms. The molecule has 2 aromatic carbocycles. The second kappa shape index (κ2) is 9.42. The Kier molecular flexibility index (Phi) is 6.95. The predicted octanol–water partition coefficient (Wildman–Crippen LogP) is 5.36. The van der Waals surface area contributed by atoms with E-state index in [2.05, 4.69) is 49.0 Å². The van der Waals surface area contributed by atoms with Gasteiger partial charge in [0.05, 0.1) is 27.5 Å². The van der Waals surface area contributed by atoms with E-state index in [9.17, 15) is 4.79 Å². The SMILES string of the molecule is CCOc1ccc2oc(C(=O)N/N=C/c3cc(Br)c(OCC)c(I)c3)cc2c1. The van der Waals surface area contributed by atoms with Gasteiger partial charge < -0.3 is 13.9 Å². The van der Waals surface area contributed by atoms with Crippen molar-refractivity contribution in [1.82, 2.24) is 5.43 Å². The highest BCUT2D eigenvalue weighted by atomic mass is 127. The molecule has 3 aromatic rings. The van der Waals surface area contributed by atoms with Crippen LogP contribution in [0.3, 0.4) is 0 Å². The summed E-state index contributed by atoms with van der Waals surface area (Å²) in [5.41, 5.74) is 3.92. The molecule has 0 aliphatic heterocycles. The number of rotatable bonds is 7. The van der Waals surface area contributed by atoms with Crippen LogP contribution in [0.2, 0.25) is 0 Å². The minimum Gasteiger partial charge on any atom is -0.494 e. The molecule has 0 atom stereocenters. The molecule has 0 radical (unpaired) electrons. The fourth-order valence-electron chi connectivity index (χ4n) is 2.55. The molecule has 1 heterocycles. The van der Waals surface area contributed by atoms with Crippen molar-refractivity contribution in [1.29, 1.82) is 0 Å². The van der Waals surface area contributed by atoms with E-state index in [0.717, 1.165) is 30.5 Å². The van der Waals surface area contributed by atoms with Gasteiger partial charge >= 0.3 is 5.91 Å². The Hall–Kier alpha value is -2.07. The van der Waals surface area contributed by atoms with Crippen molar-refractivity contribution >= 4 is 61.6 Å². The number of amides is 1. The van der Waals surface area contributed by atoms with Gasteiger partial charge in [-0.15, -0.1) is 0 Å². The predicted molar refractivity (Wildman–Crippen MR) is 120 cm³/mol. The summed E-state index contributed by atoms with van der Waals surface area (Å²) in [4.78, 5) is 12.3. The molecule has 0 unspecified atom stereocenters. The molecule has 6 nitrogen and oxygen atoms in total. The summed E-state index contributed by atoms with van der Waals surface area (Å²) in [6, 6.07) is 10.9. The molecule has 8 heteroatoms. The number of halogens is 2. The van der Waals surface area contributed by atoms with E-state index < -0.39 is 5.91 Å². The van der Waals surface area contributed by atoms with E-state index in [1.54, 1.807) is 24.4 Å². The smallest absolute Gasteiger partial charge is 0.307 e. The van der Waals surface area contributed by atoms with Crippen LogP contribution in [0.1, 0.15) is 30.0 Å². The van der Waals surface area contributed by atoms with E-state index in [-0.39, 0.29) is 5.76 Å². The largest absolute Gasteiger partial charge is 0.494 e. The first-order valence-corrected chi connectivity index (χ1v) is 10.5. The molecular formula is C20H18BrIN2O4. The Morgan fingerprint density at radius 3 is 2.71 bits per heavy atom. The van der Waals surface area contributed by atoms with Gasteiger partial charge in [0.25, 0.3) is 0 Å². The summed E-state index contributed by atoms with van der Waals surface area (Å²) in [6.45, 7) is 5.01. The quantitative estimate of drug-likeness (QED) is 0.241. The zero-order chi connectivity index (χ0) is 20.1. The average molecular weight is 557 g/mol. The molecule has 0 saturated heterocycles. The summed E-state index contributed by atoms with van der Waals surface area (Å²) < 4.78 is 18.4. The first-order valence-electron chi connectivity index (χ1n) is 8.63. The number of ether oxygens (including phenoxy) is 2. The van der Waals surface area contributed by atoms with Crippen molar-refractivity contribution in [3.63, 3.8) is 0 Å². The summed E-state index contributed by atoms with van der Waals surface area (Å²) in [7, 11) is 0. The third kappa shape index (κ3) is 4.85. The third-order valence-electron chi connectivity index (χ3n) is 3.71. The zero-order valence-electron chi connectivity index (χ0n) is 15.3. The maximum Gasteiger partial charge on any atom is 0.307 e. The number of hydrogen-bond donors (Lipinski definition) is 1. The molecule has 146 valence electrons. The van der Waals surface area contributed by atoms with Gasteiger partial charge in [0.2, 0.25) is 0 Å². The van der Waals surface area contributed by atoms with E-state index in [0.29, 0.717) is 18.8 Å². The lowest BCUT2D eigenvalue weighted by Crippen LogP contribution is -2.16. The van der Waals surface area contributed by atoms with Crippen LogP contribution in [0.4, 0.5) is 0 Å². The minimum absolute atomic E-state index is 0.184. The monoisotopic (exact) mass is 556 g/mol. The van der Waals surface area contributed by atoms with Crippen LogP contribution < -0.4 is 14.9 Å². The van der Waals surface area contributed by atoms with E-state index in [1.807, 2.05) is 32.0 Å². The number of carbonyl (C=O) groups is 1. The molecule has 1 aromatic heterocycles. The number of benzene rings is 2. The Labute approximate surface area is 184 Å². The first kappa shape index (κ1) is 20.7. The normalized spacial score (nSPS) is 11.1. The molecule has 28 heavy (non-hydrogen) atoms. The number of fused-ring (bicyclic) bond motifs is 1. The Bertz CT molecular complexity index is 1010. The van der Waals surface area contributed by atoms with Gasteiger partial charge in [-0.3, -0.25) is 4.79 Å². The number of hydrazone groups is 1. The van der Waals surface area contributed by atoms with Crippen LogP contribution in [-0.2, 0) is 0 Å². The Morgan fingerprint density at radius 1 is 1.21 bits per heavy atom. The number of hydrogen-bond acceptors (Lipinski definition) is 5. The maximum absolute atomic E-state index is 12.3.